The predicted molar refractivity (Wildman–Crippen MR) is 74.3 cm³/mol. The molecule has 1 aliphatic rings. The lowest BCUT2D eigenvalue weighted by atomic mass is 9.88. The molecule has 1 N–H and O–H groups in total. The summed E-state index contributed by atoms with van der Waals surface area (Å²) in [4.78, 5) is 0. The van der Waals surface area contributed by atoms with Crippen molar-refractivity contribution in [1.82, 2.24) is 5.32 Å². The molecule has 2 unspecified atom stereocenters. The second kappa shape index (κ2) is 5.68. The Labute approximate surface area is 106 Å². The maximum Gasteiger partial charge on any atom is 0.0113 e. The first kappa shape index (κ1) is 12.6. The van der Waals surface area contributed by atoms with Crippen molar-refractivity contribution in [3.8, 4) is 0 Å². The molecule has 0 aromatic heterocycles. The zero-order valence-corrected chi connectivity index (χ0v) is 11.4. The van der Waals surface area contributed by atoms with Crippen LogP contribution in [-0.4, -0.2) is 12.1 Å². The highest BCUT2D eigenvalue weighted by molar-refractivity contribution is 5.30. The molecule has 0 fully saturated rings. The number of nitrogens with one attached hydrogen (secondary N) is 1. The van der Waals surface area contributed by atoms with Crippen LogP contribution in [0.1, 0.15) is 44.7 Å². The maximum atomic E-state index is 3.79. The monoisotopic (exact) mass is 231 g/mol. The molecule has 0 amide bonds. The zero-order valence-electron chi connectivity index (χ0n) is 11.4. The normalized spacial score (nSPS) is 21.3. The van der Waals surface area contributed by atoms with E-state index < -0.39 is 0 Å². The van der Waals surface area contributed by atoms with Gasteiger partial charge in [-0.15, -0.1) is 0 Å². The lowest BCUT2D eigenvalue weighted by Crippen LogP contribution is -2.40. The molecular weight excluding hydrogens is 206 g/mol. The quantitative estimate of drug-likeness (QED) is 0.835. The van der Waals surface area contributed by atoms with E-state index in [0.29, 0.717) is 12.1 Å². The molecule has 1 aromatic rings. The first-order chi connectivity index (χ1) is 8.15. The van der Waals surface area contributed by atoms with Gasteiger partial charge in [-0.05, 0) is 49.7 Å². The molecule has 0 bridgehead atoms. The number of benzene rings is 1. The molecular formula is C16H25N. The van der Waals surface area contributed by atoms with Crippen LogP contribution in [0.15, 0.2) is 24.3 Å². The number of fused-ring (bicyclic) bond motifs is 1. The largest absolute Gasteiger partial charge is 0.311 e. The molecule has 0 radical (unpaired) electrons. The molecule has 0 aliphatic heterocycles. The fraction of sp³-hybridized carbons (Fsp3) is 0.625. The molecule has 1 aromatic carbocycles. The Morgan fingerprint density at radius 1 is 1.18 bits per heavy atom. The van der Waals surface area contributed by atoms with Crippen LogP contribution >= 0.6 is 0 Å². The summed E-state index contributed by atoms with van der Waals surface area (Å²) in [5.41, 5.74) is 3.11. The molecule has 0 spiro atoms. The summed E-state index contributed by atoms with van der Waals surface area (Å²) in [6.07, 6.45) is 5.01. The van der Waals surface area contributed by atoms with Gasteiger partial charge in [0.05, 0.1) is 0 Å². The second-order valence-electron chi connectivity index (χ2n) is 5.91. The molecule has 2 atom stereocenters. The first-order valence-corrected chi connectivity index (χ1v) is 6.98. The molecule has 1 aliphatic carbocycles. The Kier molecular flexibility index (Phi) is 4.22. The van der Waals surface area contributed by atoms with Crippen LogP contribution < -0.4 is 5.32 Å². The van der Waals surface area contributed by atoms with Gasteiger partial charge in [0.15, 0.2) is 0 Å². The van der Waals surface area contributed by atoms with E-state index in [9.17, 15) is 0 Å². The summed E-state index contributed by atoms with van der Waals surface area (Å²) in [5, 5.41) is 3.79. The highest BCUT2D eigenvalue weighted by atomic mass is 14.9. The minimum absolute atomic E-state index is 0.644. The van der Waals surface area contributed by atoms with E-state index in [1.54, 1.807) is 11.1 Å². The van der Waals surface area contributed by atoms with Crippen LogP contribution in [0.4, 0.5) is 0 Å². The van der Waals surface area contributed by atoms with Crippen LogP contribution in [0.25, 0.3) is 0 Å². The number of aryl methyl sites for hydroxylation is 1. The summed E-state index contributed by atoms with van der Waals surface area (Å²) in [6, 6.07) is 10.2. The van der Waals surface area contributed by atoms with Crippen molar-refractivity contribution in [3.05, 3.63) is 35.4 Å². The van der Waals surface area contributed by atoms with E-state index in [4.69, 9.17) is 0 Å². The number of hydrogen-bond acceptors (Lipinski definition) is 1. The Morgan fingerprint density at radius 2 is 1.88 bits per heavy atom. The highest BCUT2D eigenvalue weighted by Crippen LogP contribution is 2.21. The van der Waals surface area contributed by atoms with Crippen LogP contribution in [-0.2, 0) is 12.8 Å². The van der Waals surface area contributed by atoms with Gasteiger partial charge >= 0.3 is 0 Å². The lowest BCUT2D eigenvalue weighted by molar-refractivity contribution is 0.366. The molecule has 1 nitrogen and oxygen atoms in total. The third-order valence-corrected chi connectivity index (χ3v) is 3.69. The van der Waals surface area contributed by atoms with Gasteiger partial charge in [-0.2, -0.15) is 0 Å². The Bertz CT molecular complexity index is 356. The number of hydrogen-bond donors (Lipinski definition) is 1. The summed E-state index contributed by atoms with van der Waals surface area (Å²) in [5.74, 6) is 0.786. The standard InChI is InChI=1S/C16H25N/c1-12(2)10-13(3)17-16-9-8-14-6-4-5-7-15(14)11-16/h4-7,12-13,16-17H,8-11H2,1-3H3. The van der Waals surface area contributed by atoms with Crippen molar-refractivity contribution in [3.63, 3.8) is 0 Å². The van der Waals surface area contributed by atoms with Gasteiger partial charge in [-0.1, -0.05) is 38.1 Å². The topological polar surface area (TPSA) is 12.0 Å². The van der Waals surface area contributed by atoms with Crippen molar-refractivity contribution in [2.75, 3.05) is 0 Å². The molecule has 0 saturated heterocycles. The number of rotatable bonds is 4. The summed E-state index contributed by atoms with van der Waals surface area (Å²) in [6.45, 7) is 6.92. The lowest BCUT2D eigenvalue weighted by Gasteiger charge is -2.29. The maximum absolute atomic E-state index is 3.79. The van der Waals surface area contributed by atoms with Gasteiger partial charge < -0.3 is 5.32 Å². The summed E-state index contributed by atoms with van der Waals surface area (Å²) < 4.78 is 0. The average Bonchev–Trinajstić information content (AvgIpc) is 2.27. The minimum Gasteiger partial charge on any atom is -0.311 e. The summed E-state index contributed by atoms with van der Waals surface area (Å²) >= 11 is 0. The Balaban J connectivity index is 1.90. The van der Waals surface area contributed by atoms with E-state index in [2.05, 4.69) is 50.4 Å². The fourth-order valence-electron chi connectivity index (χ4n) is 3.02. The van der Waals surface area contributed by atoms with Crippen molar-refractivity contribution >= 4 is 0 Å². The first-order valence-electron chi connectivity index (χ1n) is 6.98. The van der Waals surface area contributed by atoms with Crippen molar-refractivity contribution in [1.29, 1.82) is 0 Å². The SMILES string of the molecule is CC(C)CC(C)NC1CCc2ccccc2C1. The van der Waals surface area contributed by atoms with Crippen LogP contribution in [0, 0.1) is 5.92 Å². The van der Waals surface area contributed by atoms with Gasteiger partial charge in [0, 0.05) is 12.1 Å². The Hall–Kier alpha value is -0.820. The molecule has 94 valence electrons. The van der Waals surface area contributed by atoms with Gasteiger partial charge in [0.25, 0.3) is 0 Å². The van der Waals surface area contributed by atoms with Gasteiger partial charge in [-0.25, -0.2) is 0 Å². The Morgan fingerprint density at radius 3 is 2.59 bits per heavy atom. The van der Waals surface area contributed by atoms with Crippen LogP contribution in [0.2, 0.25) is 0 Å². The average molecular weight is 231 g/mol. The fourth-order valence-corrected chi connectivity index (χ4v) is 3.02. The van der Waals surface area contributed by atoms with E-state index in [1.165, 1.54) is 25.7 Å². The van der Waals surface area contributed by atoms with E-state index in [1.807, 2.05) is 0 Å². The molecule has 0 saturated carbocycles. The van der Waals surface area contributed by atoms with Gasteiger partial charge in [-0.3, -0.25) is 0 Å². The van der Waals surface area contributed by atoms with E-state index in [0.717, 1.165) is 5.92 Å². The molecule has 2 rings (SSSR count). The van der Waals surface area contributed by atoms with Gasteiger partial charge in [0.2, 0.25) is 0 Å². The molecule has 17 heavy (non-hydrogen) atoms. The third kappa shape index (κ3) is 3.57. The van der Waals surface area contributed by atoms with Crippen molar-refractivity contribution in [2.24, 2.45) is 5.92 Å². The molecule has 0 heterocycles. The second-order valence-corrected chi connectivity index (χ2v) is 5.91. The van der Waals surface area contributed by atoms with E-state index in [-0.39, 0.29) is 0 Å². The summed E-state index contributed by atoms with van der Waals surface area (Å²) in [7, 11) is 0. The van der Waals surface area contributed by atoms with Gasteiger partial charge in [0.1, 0.15) is 0 Å². The smallest absolute Gasteiger partial charge is 0.0113 e. The van der Waals surface area contributed by atoms with Crippen LogP contribution in [0.5, 0.6) is 0 Å². The van der Waals surface area contributed by atoms with Crippen molar-refractivity contribution < 1.29 is 0 Å². The van der Waals surface area contributed by atoms with Crippen molar-refractivity contribution in [2.45, 2.75) is 58.5 Å². The van der Waals surface area contributed by atoms with Crippen LogP contribution in [0.3, 0.4) is 0 Å². The zero-order chi connectivity index (χ0) is 12.3. The highest BCUT2D eigenvalue weighted by Gasteiger charge is 2.19. The van der Waals surface area contributed by atoms with E-state index >= 15 is 0 Å². The molecule has 1 heteroatoms. The third-order valence-electron chi connectivity index (χ3n) is 3.69. The predicted octanol–water partition coefficient (Wildman–Crippen LogP) is 3.57. The minimum atomic E-state index is 0.644.